The van der Waals surface area contributed by atoms with Crippen molar-refractivity contribution in [2.24, 2.45) is 0 Å². The Bertz CT molecular complexity index is 1070. The Morgan fingerprint density at radius 2 is 1.52 bits per heavy atom. The Balaban J connectivity index is 1.32. The Kier molecular flexibility index (Phi) is 6.13. The van der Waals surface area contributed by atoms with Gasteiger partial charge in [0.1, 0.15) is 6.61 Å². The summed E-state index contributed by atoms with van der Waals surface area (Å²) in [5, 5.41) is 2.80. The highest BCUT2D eigenvalue weighted by Crippen LogP contribution is 2.44. The van der Waals surface area contributed by atoms with Crippen LogP contribution in [0.5, 0.6) is 0 Å². The second-order valence-corrected chi connectivity index (χ2v) is 7.28. The summed E-state index contributed by atoms with van der Waals surface area (Å²) in [7, 11) is 1.34. The molecule has 0 bridgehead atoms. The normalized spacial score (nSPS) is 12.3. The number of alkyl carbamates (subject to hydrolysis) is 1. The first-order valence-corrected chi connectivity index (χ1v) is 10.1. The van der Waals surface area contributed by atoms with E-state index in [-0.39, 0.29) is 12.5 Å². The molecule has 5 nitrogen and oxygen atoms in total. The molecule has 31 heavy (non-hydrogen) atoms. The van der Waals surface area contributed by atoms with Gasteiger partial charge >= 0.3 is 12.1 Å². The third kappa shape index (κ3) is 4.67. The number of nitrogens with one attached hydrogen (secondary N) is 1. The van der Waals surface area contributed by atoms with Crippen molar-refractivity contribution in [1.29, 1.82) is 0 Å². The maximum atomic E-state index is 12.3. The van der Waals surface area contributed by atoms with E-state index in [9.17, 15) is 9.59 Å². The van der Waals surface area contributed by atoms with Gasteiger partial charge in [-0.2, -0.15) is 0 Å². The highest BCUT2D eigenvalue weighted by atomic mass is 16.5. The summed E-state index contributed by atoms with van der Waals surface area (Å²) in [4.78, 5) is 23.4. The van der Waals surface area contributed by atoms with Crippen LogP contribution in [-0.4, -0.2) is 25.8 Å². The van der Waals surface area contributed by atoms with E-state index >= 15 is 0 Å². The van der Waals surface area contributed by atoms with Gasteiger partial charge in [0.05, 0.1) is 7.11 Å². The van der Waals surface area contributed by atoms with E-state index in [1.54, 1.807) is 6.08 Å². The number of carbonyl (C=O) groups excluding carboxylic acids is 2. The fourth-order valence-corrected chi connectivity index (χ4v) is 3.80. The molecule has 0 aromatic heterocycles. The number of carbonyl (C=O) groups is 2. The molecular weight excluding hydrogens is 390 g/mol. The summed E-state index contributed by atoms with van der Waals surface area (Å²) in [6.45, 7) is 0.648. The molecule has 1 aliphatic carbocycles. The van der Waals surface area contributed by atoms with E-state index in [1.807, 2.05) is 48.5 Å². The second-order valence-electron chi connectivity index (χ2n) is 7.28. The minimum absolute atomic E-state index is 0.0408. The number of fused-ring (bicyclic) bond motifs is 3. The van der Waals surface area contributed by atoms with Crippen LogP contribution in [-0.2, 0) is 20.8 Å². The molecule has 4 rings (SSSR count). The number of amides is 1. The van der Waals surface area contributed by atoms with Gasteiger partial charge in [0.2, 0.25) is 0 Å². The summed E-state index contributed by atoms with van der Waals surface area (Å²) >= 11 is 0. The van der Waals surface area contributed by atoms with Crippen molar-refractivity contribution in [3.63, 3.8) is 0 Å². The molecule has 0 atom stereocenters. The molecule has 3 aromatic rings. The van der Waals surface area contributed by atoms with Gasteiger partial charge in [-0.25, -0.2) is 9.59 Å². The minimum atomic E-state index is -0.448. The van der Waals surface area contributed by atoms with Gasteiger partial charge in [0.25, 0.3) is 0 Å². The molecule has 0 saturated heterocycles. The number of methoxy groups -OCH3 is 1. The Morgan fingerprint density at radius 1 is 0.903 bits per heavy atom. The fourth-order valence-electron chi connectivity index (χ4n) is 3.80. The molecule has 1 amide bonds. The van der Waals surface area contributed by atoms with Crippen molar-refractivity contribution >= 4 is 18.1 Å². The molecule has 5 heteroatoms. The molecule has 3 aromatic carbocycles. The molecule has 1 aliphatic rings. The van der Waals surface area contributed by atoms with Crippen LogP contribution >= 0.6 is 0 Å². The summed E-state index contributed by atoms with van der Waals surface area (Å²) in [5.74, 6) is -0.361. The van der Waals surface area contributed by atoms with Gasteiger partial charge < -0.3 is 14.8 Å². The number of benzene rings is 3. The summed E-state index contributed by atoms with van der Waals surface area (Å²) < 4.78 is 10.1. The van der Waals surface area contributed by atoms with Gasteiger partial charge in [0.15, 0.2) is 0 Å². The molecule has 0 fully saturated rings. The van der Waals surface area contributed by atoms with Crippen molar-refractivity contribution < 1.29 is 19.1 Å². The first kappa shape index (κ1) is 20.4. The van der Waals surface area contributed by atoms with Crippen molar-refractivity contribution in [2.45, 2.75) is 12.5 Å². The molecule has 0 heterocycles. The lowest BCUT2D eigenvalue weighted by Crippen LogP contribution is -2.25. The lowest BCUT2D eigenvalue weighted by atomic mass is 9.98. The number of hydrogen-bond donors (Lipinski definition) is 1. The van der Waals surface area contributed by atoms with E-state index in [0.29, 0.717) is 6.54 Å². The summed E-state index contributed by atoms with van der Waals surface area (Å²) in [6.07, 6.45) is 2.59. The zero-order valence-corrected chi connectivity index (χ0v) is 17.2. The maximum absolute atomic E-state index is 12.3. The van der Waals surface area contributed by atoms with Crippen LogP contribution in [0.25, 0.3) is 17.2 Å². The Morgan fingerprint density at radius 3 is 2.13 bits per heavy atom. The zero-order valence-electron chi connectivity index (χ0n) is 17.2. The molecule has 0 spiro atoms. The van der Waals surface area contributed by atoms with Crippen molar-refractivity contribution in [3.8, 4) is 11.1 Å². The van der Waals surface area contributed by atoms with Crippen LogP contribution in [0.15, 0.2) is 78.9 Å². The van der Waals surface area contributed by atoms with Crippen LogP contribution in [0.4, 0.5) is 4.79 Å². The van der Waals surface area contributed by atoms with E-state index in [2.05, 4.69) is 34.3 Å². The standard InChI is InChI=1S/C26H23NO4/c1-30-25(28)15-14-18-10-12-19(13-11-18)16-27-26(29)31-17-24-22-8-4-2-6-20(22)21-7-3-5-9-23(21)24/h2-15,24H,16-17H2,1H3,(H,27,29)/b15-14+. The first-order valence-electron chi connectivity index (χ1n) is 10.1. The van der Waals surface area contributed by atoms with Gasteiger partial charge in [-0.15, -0.1) is 0 Å². The number of esters is 1. The number of ether oxygens (including phenoxy) is 2. The summed E-state index contributed by atoms with van der Waals surface area (Å²) in [6, 6.07) is 24.0. The zero-order chi connectivity index (χ0) is 21.6. The minimum Gasteiger partial charge on any atom is -0.466 e. The van der Waals surface area contributed by atoms with Crippen LogP contribution in [0.1, 0.15) is 28.2 Å². The van der Waals surface area contributed by atoms with Crippen LogP contribution in [0, 0.1) is 0 Å². The van der Waals surface area contributed by atoms with Gasteiger partial charge in [-0.1, -0.05) is 72.8 Å². The molecular formula is C26H23NO4. The smallest absolute Gasteiger partial charge is 0.407 e. The topological polar surface area (TPSA) is 64.6 Å². The van der Waals surface area contributed by atoms with E-state index in [0.717, 1.165) is 11.1 Å². The monoisotopic (exact) mass is 413 g/mol. The predicted octanol–water partition coefficient (Wildman–Crippen LogP) is 4.91. The van der Waals surface area contributed by atoms with Gasteiger partial charge in [0, 0.05) is 18.5 Å². The average Bonchev–Trinajstić information content (AvgIpc) is 3.14. The lowest BCUT2D eigenvalue weighted by molar-refractivity contribution is -0.134. The Labute approximate surface area is 181 Å². The maximum Gasteiger partial charge on any atom is 0.407 e. The number of rotatable bonds is 6. The largest absolute Gasteiger partial charge is 0.466 e. The Hall–Kier alpha value is -3.86. The molecule has 0 radical (unpaired) electrons. The van der Waals surface area contributed by atoms with E-state index in [4.69, 9.17) is 4.74 Å². The highest BCUT2D eigenvalue weighted by molar-refractivity contribution is 5.86. The van der Waals surface area contributed by atoms with Gasteiger partial charge in [-0.05, 0) is 39.5 Å². The molecule has 156 valence electrons. The van der Waals surface area contributed by atoms with E-state index in [1.165, 1.54) is 35.4 Å². The first-order chi connectivity index (χ1) is 15.2. The van der Waals surface area contributed by atoms with Crippen LogP contribution in [0.2, 0.25) is 0 Å². The average molecular weight is 413 g/mol. The highest BCUT2D eigenvalue weighted by Gasteiger charge is 2.28. The SMILES string of the molecule is COC(=O)/C=C/c1ccc(CNC(=O)OCC2c3ccccc3-c3ccccc32)cc1. The number of hydrogen-bond acceptors (Lipinski definition) is 4. The predicted molar refractivity (Wildman–Crippen MR) is 119 cm³/mol. The van der Waals surface area contributed by atoms with Crippen molar-refractivity contribution in [1.82, 2.24) is 5.32 Å². The quantitative estimate of drug-likeness (QED) is 0.461. The fraction of sp³-hybridized carbons (Fsp3) is 0.154. The van der Waals surface area contributed by atoms with Crippen molar-refractivity contribution in [2.75, 3.05) is 13.7 Å². The van der Waals surface area contributed by atoms with Crippen molar-refractivity contribution in [3.05, 3.63) is 101 Å². The summed E-state index contributed by atoms with van der Waals surface area (Å²) in [5.41, 5.74) is 6.58. The molecule has 0 saturated carbocycles. The van der Waals surface area contributed by atoms with Gasteiger partial charge in [-0.3, -0.25) is 0 Å². The second kappa shape index (κ2) is 9.30. The third-order valence-corrected chi connectivity index (χ3v) is 5.37. The van der Waals surface area contributed by atoms with Crippen LogP contribution in [0.3, 0.4) is 0 Å². The van der Waals surface area contributed by atoms with E-state index < -0.39 is 12.1 Å². The lowest BCUT2D eigenvalue weighted by Gasteiger charge is -2.14. The molecule has 0 aliphatic heterocycles. The molecule has 0 unspecified atom stereocenters. The third-order valence-electron chi connectivity index (χ3n) is 5.37. The van der Waals surface area contributed by atoms with Crippen LogP contribution < -0.4 is 5.32 Å². The molecule has 1 N–H and O–H groups in total.